The third kappa shape index (κ3) is 6.40. The van der Waals surface area contributed by atoms with Crippen LogP contribution in [0, 0.1) is 0 Å². The summed E-state index contributed by atoms with van der Waals surface area (Å²) in [5.74, 6) is 0.287. The van der Waals surface area contributed by atoms with Gasteiger partial charge in [0.15, 0.2) is 5.11 Å². The summed E-state index contributed by atoms with van der Waals surface area (Å²) < 4.78 is 5.13. The number of nitrogens with one attached hydrogen (secondary N) is 2. The second kappa shape index (κ2) is 11.4. The number of methoxy groups -OCH3 is 1. The molecule has 0 heterocycles. The third-order valence-corrected chi connectivity index (χ3v) is 5.90. The van der Waals surface area contributed by atoms with Crippen LogP contribution < -0.4 is 20.3 Å². The Bertz CT molecular complexity index is 982. The van der Waals surface area contributed by atoms with Gasteiger partial charge in [0.1, 0.15) is 5.75 Å². The Morgan fingerprint density at radius 3 is 2.44 bits per heavy atom. The van der Waals surface area contributed by atoms with Crippen molar-refractivity contribution in [1.29, 1.82) is 0 Å². The van der Waals surface area contributed by atoms with Gasteiger partial charge in [0.2, 0.25) is 5.91 Å². The zero-order valence-electron chi connectivity index (χ0n) is 18.5. The normalized spacial score (nSPS) is 14.1. The van der Waals surface area contributed by atoms with Crippen LogP contribution in [0.15, 0.2) is 54.6 Å². The number of nitrogens with zero attached hydrogens (tertiary/aromatic N) is 1. The van der Waals surface area contributed by atoms with Crippen LogP contribution in [-0.2, 0) is 4.79 Å². The van der Waals surface area contributed by atoms with Crippen LogP contribution in [0.5, 0.6) is 5.75 Å². The first-order valence-electron chi connectivity index (χ1n) is 10.8. The Hall–Kier alpha value is -3.19. The van der Waals surface area contributed by atoms with Gasteiger partial charge in [-0.05, 0) is 61.0 Å². The lowest BCUT2D eigenvalue weighted by Crippen LogP contribution is -2.41. The minimum Gasteiger partial charge on any atom is -0.497 e. The molecule has 6 nitrogen and oxygen atoms in total. The lowest BCUT2D eigenvalue weighted by atomic mass is 9.95. The predicted octanol–water partition coefficient (Wildman–Crippen LogP) is 4.31. The highest BCUT2D eigenvalue weighted by atomic mass is 32.1. The molecule has 1 aliphatic carbocycles. The van der Waals surface area contributed by atoms with Gasteiger partial charge in [0.25, 0.3) is 5.91 Å². The van der Waals surface area contributed by atoms with E-state index in [0.29, 0.717) is 11.3 Å². The number of hydrogen-bond donors (Lipinski definition) is 2. The van der Waals surface area contributed by atoms with E-state index in [-0.39, 0.29) is 23.0 Å². The van der Waals surface area contributed by atoms with Crippen LogP contribution in [0.25, 0.3) is 6.08 Å². The largest absolute Gasteiger partial charge is 0.497 e. The van der Waals surface area contributed by atoms with E-state index in [1.54, 1.807) is 31.2 Å². The monoisotopic (exact) mass is 451 g/mol. The molecular formula is C25H29N3O3S. The lowest BCUT2D eigenvalue weighted by molar-refractivity contribution is -0.115. The maximum Gasteiger partial charge on any atom is 0.253 e. The Labute approximate surface area is 194 Å². The summed E-state index contributed by atoms with van der Waals surface area (Å²) in [4.78, 5) is 26.9. The van der Waals surface area contributed by atoms with Gasteiger partial charge in [-0.2, -0.15) is 0 Å². The zero-order valence-corrected chi connectivity index (χ0v) is 19.3. The van der Waals surface area contributed by atoms with Gasteiger partial charge in [-0.25, -0.2) is 0 Å². The van der Waals surface area contributed by atoms with Gasteiger partial charge >= 0.3 is 0 Å². The fraction of sp³-hybridized carbons (Fsp3) is 0.320. The van der Waals surface area contributed by atoms with Crippen molar-refractivity contribution < 1.29 is 14.3 Å². The molecule has 0 unspecified atom stereocenters. The number of rotatable bonds is 6. The summed E-state index contributed by atoms with van der Waals surface area (Å²) in [7, 11) is 3.34. The third-order valence-electron chi connectivity index (χ3n) is 5.53. The number of anilines is 1. The van der Waals surface area contributed by atoms with Gasteiger partial charge in [-0.15, -0.1) is 0 Å². The molecule has 168 valence electrons. The van der Waals surface area contributed by atoms with E-state index >= 15 is 0 Å². The van der Waals surface area contributed by atoms with Crippen LogP contribution in [0.4, 0.5) is 5.69 Å². The number of benzene rings is 2. The van der Waals surface area contributed by atoms with Crippen molar-refractivity contribution in [2.75, 3.05) is 19.1 Å². The Kier molecular flexibility index (Phi) is 8.39. The smallest absolute Gasteiger partial charge is 0.253 e. The molecule has 32 heavy (non-hydrogen) atoms. The van der Waals surface area contributed by atoms with Crippen LogP contribution in [0.3, 0.4) is 0 Å². The summed E-state index contributed by atoms with van der Waals surface area (Å²) >= 11 is 5.42. The van der Waals surface area contributed by atoms with E-state index in [1.807, 2.05) is 42.5 Å². The lowest BCUT2D eigenvalue weighted by Gasteiger charge is -2.25. The average Bonchev–Trinajstić information content (AvgIpc) is 2.83. The van der Waals surface area contributed by atoms with E-state index in [0.717, 1.165) is 37.0 Å². The molecule has 0 aliphatic heterocycles. The van der Waals surface area contributed by atoms with Crippen molar-refractivity contribution in [3.63, 3.8) is 0 Å². The van der Waals surface area contributed by atoms with Crippen molar-refractivity contribution in [1.82, 2.24) is 10.6 Å². The molecule has 0 aromatic heterocycles. The number of thiocarbonyl (C=S) groups is 1. The van der Waals surface area contributed by atoms with Crippen LogP contribution in [0.1, 0.15) is 48.0 Å². The summed E-state index contributed by atoms with van der Waals surface area (Å²) in [5, 5.41) is 6.05. The molecule has 1 saturated carbocycles. The number of ether oxygens (including phenoxy) is 1. The molecule has 2 aromatic rings. The minimum atomic E-state index is -0.346. The van der Waals surface area contributed by atoms with Crippen molar-refractivity contribution in [2.45, 2.75) is 38.1 Å². The van der Waals surface area contributed by atoms with Gasteiger partial charge in [-0.1, -0.05) is 43.5 Å². The second-order valence-corrected chi connectivity index (χ2v) is 8.17. The van der Waals surface area contributed by atoms with E-state index < -0.39 is 0 Å². The first-order chi connectivity index (χ1) is 15.5. The van der Waals surface area contributed by atoms with E-state index in [9.17, 15) is 9.59 Å². The number of carbonyl (C=O) groups excluding carboxylic acids is 2. The Balaban J connectivity index is 1.62. The fourth-order valence-corrected chi connectivity index (χ4v) is 3.89. The number of para-hydroxylation sites is 1. The molecule has 2 aromatic carbocycles. The number of amides is 2. The topological polar surface area (TPSA) is 70.7 Å². The van der Waals surface area contributed by atoms with E-state index in [4.69, 9.17) is 17.0 Å². The van der Waals surface area contributed by atoms with Crippen molar-refractivity contribution in [2.24, 2.45) is 0 Å². The molecule has 0 bridgehead atoms. The summed E-state index contributed by atoms with van der Waals surface area (Å²) in [6.07, 6.45) is 8.66. The molecule has 7 heteroatoms. The van der Waals surface area contributed by atoms with Crippen molar-refractivity contribution in [3.8, 4) is 5.75 Å². The maximum absolute atomic E-state index is 12.9. The average molecular weight is 452 g/mol. The highest BCUT2D eigenvalue weighted by Crippen LogP contribution is 2.22. The highest BCUT2D eigenvalue weighted by molar-refractivity contribution is 7.80. The molecule has 2 amide bonds. The van der Waals surface area contributed by atoms with E-state index in [2.05, 4.69) is 10.6 Å². The molecule has 0 atom stereocenters. The Morgan fingerprint density at radius 2 is 1.75 bits per heavy atom. The molecule has 0 saturated heterocycles. The maximum atomic E-state index is 12.9. The van der Waals surface area contributed by atoms with Crippen LogP contribution in [0.2, 0.25) is 0 Å². The standard InChI is InChI=1S/C25H29N3O3S/c1-28(25(32)27-23(29)17-14-18-12-15-20(31-2)16-13-18)22-11-7-6-10-21(22)24(30)26-19-8-4-3-5-9-19/h6-7,10-17,19H,3-5,8-9H2,1-2H3,(H,26,30)(H,27,29,32). The van der Waals surface area contributed by atoms with Crippen molar-refractivity contribution in [3.05, 3.63) is 65.7 Å². The van der Waals surface area contributed by atoms with Crippen molar-refractivity contribution >= 4 is 40.9 Å². The molecular weight excluding hydrogens is 422 g/mol. The minimum absolute atomic E-state index is 0.118. The molecule has 1 fully saturated rings. The van der Waals surface area contributed by atoms with Gasteiger partial charge < -0.3 is 15.0 Å². The first kappa shape index (κ1) is 23.5. The van der Waals surface area contributed by atoms with Gasteiger partial charge in [0, 0.05) is 19.2 Å². The summed E-state index contributed by atoms with van der Waals surface area (Å²) in [6, 6.07) is 14.8. The summed E-state index contributed by atoms with van der Waals surface area (Å²) in [6.45, 7) is 0. The Morgan fingerprint density at radius 1 is 1.06 bits per heavy atom. The molecule has 3 rings (SSSR count). The quantitative estimate of drug-likeness (QED) is 0.506. The SMILES string of the molecule is COc1ccc(C=CC(=O)NC(=S)N(C)c2ccccc2C(=O)NC2CCCCC2)cc1. The summed E-state index contributed by atoms with van der Waals surface area (Å²) in [5.41, 5.74) is 2.04. The highest BCUT2D eigenvalue weighted by Gasteiger charge is 2.21. The molecule has 0 spiro atoms. The van der Waals surface area contributed by atoms with Crippen LogP contribution >= 0.6 is 12.2 Å². The molecule has 2 N–H and O–H groups in total. The van der Waals surface area contributed by atoms with E-state index in [1.165, 1.54) is 12.5 Å². The van der Waals surface area contributed by atoms with Gasteiger partial charge in [-0.3, -0.25) is 14.9 Å². The first-order valence-corrected chi connectivity index (χ1v) is 11.2. The fourth-order valence-electron chi connectivity index (χ4n) is 3.70. The van der Waals surface area contributed by atoms with Gasteiger partial charge in [0.05, 0.1) is 18.4 Å². The number of hydrogen-bond acceptors (Lipinski definition) is 4. The second-order valence-electron chi connectivity index (χ2n) is 7.79. The van der Waals surface area contributed by atoms with Crippen LogP contribution in [-0.4, -0.2) is 37.1 Å². The molecule has 1 aliphatic rings. The zero-order chi connectivity index (χ0) is 22.9. The predicted molar refractivity (Wildman–Crippen MR) is 132 cm³/mol. The number of carbonyl (C=O) groups is 2. The molecule has 0 radical (unpaired) electrons.